The molecule has 1 aliphatic carbocycles. The number of imide groups is 1. The van der Waals surface area contributed by atoms with Crippen molar-refractivity contribution in [3.63, 3.8) is 0 Å². The second kappa shape index (κ2) is 11.3. The highest BCUT2D eigenvalue weighted by Crippen LogP contribution is 2.38. The molecular weight excluding hydrogens is 550 g/mol. The van der Waals surface area contributed by atoms with Gasteiger partial charge in [0.2, 0.25) is 0 Å². The number of esters is 1. The van der Waals surface area contributed by atoms with Gasteiger partial charge in [-0.15, -0.1) is 11.3 Å². The number of hydrogen-bond donors (Lipinski definition) is 0. The van der Waals surface area contributed by atoms with Gasteiger partial charge in [0.1, 0.15) is 17.2 Å². The van der Waals surface area contributed by atoms with E-state index in [9.17, 15) is 34.1 Å². The first-order valence-corrected chi connectivity index (χ1v) is 13.5. The van der Waals surface area contributed by atoms with Crippen LogP contribution < -0.4 is 4.74 Å². The van der Waals surface area contributed by atoms with Crippen LogP contribution >= 0.6 is 11.3 Å². The van der Waals surface area contributed by atoms with E-state index in [4.69, 9.17) is 4.74 Å². The molecule has 12 heteroatoms. The van der Waals surface area contributed by atoms with E-state index in [1.54, 1.807) is 17.5 Å². The van der Waals surface area contributed by atoms with Crippen LogP contribution in [0, 0.1) is 22.0 Å². The highest BCUT2D eigenvalue weighted by molar-refractivity contribution is 7.12. The molecule has 2 atom stereocenters. The lowest BCUT2D eigenvalue weighted by atomic mass is 9.82. The molecule has 0 saturated carbocycles. The van der Waals surface area contributed by atoms with Gasteiger partial charge in [-0.3, -0.25) is 29.3 Å². The highest BCUT2D eigenvalue weighted by atomic mass is 32.1. The van der Waals surface area contributed by atoms with Crippen LogP contribution in [0.1, 0.15) is 50.2 Å². The monoisotopic (exact) mass is 573 g/mol. The summed E-state index contributed by atoms with van der Waals surface area (Å²) in [5.41, 5.74) is 0.823. The number of ketones is 1. The van der Waals surface area contributed by atoms with Gasteiger partial charge in [0.05, 0.1) is 16.8 Å². The number of nitrogens with zero attached hydrogens (tertiary/aromatic N) is 3. The molecule has 1 aliphatic heterocycles. The Morgan fingerprint density at radius 2 is 1.66 bits per heavy atom. The zero-order valence-electron chi connectivity index (χ0n) is 21.7. The third-order valence-electron chi connectivity index (χ3n) is 7.00. The van der Waals surface area contributed by atoms with Crippen LogP contribution in [0.3, 0.4) is 0 Å². The maximum absolute atomic E-state index is 13.6. The molecule has 0 radical (unpaired) electrons. The summed E-state index contributed by atoms with van der Waals surface area (Å²) in [7, 11) is 0. The van der Waals surface area contributed by atoms with E-state index in [-0.39, 0.29) is 22.6 Å². The number of carbonyl (C=O) groups excluding carboxylic acids is 5. The molecule has 2 heterocycles. The van der Waals surface area contributed by atoms with Gasteiger partial charge < -0.3 is 4.74 Å². The Morgan fingerprint density at radius 1 is 1.00 bits per heavy atom. The van der Waals surface area contributed by atoms with E-state index in [2.05, 4.69) is 0 Å². The molecule has 1 fully saturated rings. The molecule has 1 aromatic heterocycles. The number of hydrogen-bond acceptors (Lipinski definition) is 9. The van der Waals surface area contributed by atoms with Crippen molar-refractivity contribution in [2.45, 2.75) is 19.8 Å². The SMILES string of the molecule is CC1=CC[C@H]2C(=O)N(N(CC(=O)c3ccc(OC(=O)c4cccs4)cc3)C(=O)c3ccc([N+](=O)[O-])cc3)C(=O)[C@H]2C1. The lowest BCUT2D eigenvalue weighted by Gasteiger charge is -2.30. The molecule has 2 aromatic carbocycles. The molecule has 0 bridgehead atoms. The second-order valence-corrected chi connectivity index (χ2v) is 10.6. The zero-order valence-corrected chi connectivity index (χ0v) is 22.5. The van der Waals surface area contributed by atoms with Crippen molar-refractivity contribution in [2.24, 2.45) is 11.8 Å². The minimum Gasteiger partial charge on any atom is -0.422 e. The Labute approximate surface area is 237 Å². The fourth-order valence-corrected chi connectivity index (χ4v) is 5.45. The first kappa shape index (κ1) is 27.6. The number of ether oxygens (including phenoxy) is 1. The van der Waals surface area contributed by atoms with Crippen LogP contribution in [0.15, 0.2) is 77.7 Å². The number of non-ortho nitro benzene ring substituents is 1. The molecule has 41 heavy (non-hydrogen) atoms. The number of nitro groups is 1. The van der Waals surface area contributed by atoms with E-state index >= 15 is 0 Å². The van der Waals surface area contributed by atoms with Crippen LogP contribution in [0.5, 0.6) is 5.75 Å². The lowest BCUT2D eigenvalue weighted by Crippen LogP contribution is -2.52. The van der Waals surface area contributed by atoms with Gasteiger partial charge in [-0.2, -0.15) is 5.01 Å². The van der Waals surface area contributed by atoms with Crippen molar-refractivity contribution >= 4 is 46.5 Å². The predicted molar refractivity (Wildman–Crippen MR) is 146 cm³/mol. The number of amides is 3. The van der Waals surface area contributed by atoms with Gasteiger partial charge in [0.15, 0.2) is 5.78 Å². The summed E-state index contributed by atoms with van der Waals surface area (Å²) in [6.07, 6.45) is 2.60. The maximum atomic E-state index is 13.6. The Morgan fingerprint density at radius 3 is 2.29 bits per heavy atom. The normalized spacial score (nSPS) is 18.0. The van der Waals surface area contributed by atoms with Crippen molar-refractivity contribution in [1.29, 1.82) is 0 Å². The van der Waals surface area contributed by atoms with Gasteiger partial charge in [-0.25, -0.2) is 9.80 Å². The van der Waals surface area contributed by atoms with E-state index in [1.807, 2.05) is 13.0 Å². The number of nitro benzene ring substituents is 1. The van der Waals surface area contributed by atoms with Gasteiger partial charge in [-0.1, -0.05) is 17.7 Å². The Bertz CT molecular complexity index is 1580. The molecule has 11 nitrogen and oxygen atoms in total. The summed E-state index contributed by atoms with van der Waals surface area (Å²) in [5, 5.41) is 14.4. The summed E-state index contributed by atoms with van der Waals surface area (Å²) in [6.45, 7) is 1.22. The Kier molecular flexibility index (Phi) is 7.58. The number of hydrazine groups is 1. The van der Waals surface area contributed by atoms with E-state index in [0.29, 0.717) is 17.7 Å². The highest BCUT2D eigenvalue weighted by Gasteiger charge is 2.51. The van der Waals surface area contributed by atoms with Gasteiger partial charge in [0.25, 0.3) is 23.4 Å². The number of Topliss-reactive ketones (excluding diaryl/α,β-unsaturated/α-hetero) is 1. The number of thiophene rings is 1. The first-order valence-electron chi connectivity index (χ1n) is 12.6. The molecule has 208 valence electrons. The summed E-state index contributed by atoms with van der Waals surface area (Å²) in [6, 6.07) is 13.7. The summed E-state index contributed by atoms with van der Waals surface area (Å²) in [4.78, 5) is 76.8. The van der Waals surface area contributed by atoms with Gasteiger partial charge >= 0.3 is 5.97 Å². The number of fused-ring (bicyclic) bond motifs is 1. The summed E-state index contributed by atoms with van der Waals surface area (Å²) < 4.78 is 5.31. The summed E-state index contributed by atoms with van der Waals surface area (Å²) in [5.74, 6) is -4.21. The molecular formula is C29H23N3O8S. The minimum absolute atomic E-state index is 0.0379. The van der Waals surface area contributed by atoms with E-state index in [1.165, 1.54) is 47.7 Å². The molecule has 1 saturated heterocycles. The average molecular weight is 574 g/mol. The van der Waals surface area contributed by atoms with Gasteiger partial charge in [0, 0.05) is 23.3 Å². The maximum Gasteiger partial charge on any atom is 0.353 e. The molecule has 0 unspecified atom stereocenters. The fraction of sp³-hybridized carbons (Fsp3) is 0.207. The van der Waals surface area contributed by atoms with Crippen LogP contribution in [-0.2, 0) is 9.59 Å². The molecule has 2 aliphatic rings. The third kappa shape index (κ3) is 5.54. The van der Waals surface area contributed by atoms with Crippen LogP contribution in [-0.4, -0.2) is 51.0 Å². The van der Waals surface area contributed by atoms with Crippen molar-refractivity contribution in [3.05, 3.63) is 104 Å². The Hall–Kier alpha value is -4.97. The number of carbonyl (C=O) groups is 5. The van der Waals surface area contributed by atoms with Crippen molar-refractivity contribution in [1.82, 2.24) is 10.0 Å². The van der Waals surface area contributed by atoms with E-state index in [0.717, 1.165) is 27.7 Å². The fourth-order valence-electron chi connectivity index (χ4n) is 4.85. The van der Waals surface area contributed by atoms with Crippen molar-refractivity contribution in [2.75, 3.05) is 6.54 Å². The topological polar surface area (TPSA) is 144 Å². The average Bonchev–Trinajstić information content (AvgIpc) is 3.59. The molecule has 0 N–H and O–H groups in total. The second-order valence-electron chi connectivity index (χ2n) is 9.67. The standard InChI is InChI=1S/C29H23N3O8S/c1-17-4-13-22-23(15-17)28(36)31(27(22)35)30(26(34)19-5-9-20(10-6-19)32(38)39)16-24(33)18-7-11-21(12-8-18)40-29(37)25-3-2-14-41-25/h2-12,14,22-23H,13,15-16H2,1H3/t22-,23+/m1/s1. The van der Waals surface area contributed by atoms with Crippen molar-refractivity contribution < 1.29 is 33.6 Å². The number of rotatable bonds is 8. The Balaban J connectivity index is 1.40. The third-order valence-corrected chi connectivity index (χ3v) is 7.85. The minimum atomic E-state index is -0.834. The van der Waals surface area contributed by atoms with E-state index < -0.39 is 52.8 Å². The molecule has 5 rings (SSSR count). The first-order chi connectivity index (χ1) is 19.6. The molecule has 0 spiro atoms. The van der Waals surface area contributed by atoms with Crippen LogP contribution in [0.4, 0.5) is 5.69 Å². The van der Waals surface area contributed by atoms with Crippen molar-refractivity contribution in [3.8, 4) is 5.75 Å². The predicted octanol–water partition coefficient (Wildman–Crippen LogP) is 4.46. The lowest BCUT2D eigenvalue weighted by molar-refractivity contribution is -0.384. The number of benzene rings is 2. The quantitative estimate of drug-likeness (QED) is 0.0731. The molecule has 3 aromatic rings. The summed E-state index contributed by atoms with van der Waals surface area (Å²) >= 11 is 1.23. The van der Waals surface area contributed by atoms with Crippen LogP contribution in [0.25, 0.3) is 0 Å². The van der Waals surface area contributed by atoms with Gasteiger partial charge in [-0.05, 0) is 67.6 Å². The van der Waals surface area contributed by atoms with Crippen LogP contribution in [0.2, 0.25) is 0 Å². The zero-order chi connectivity index (χ0) is 29.3. The number of allylic oxidation sites excluding steroid dienone is 2. The smallest absolute Gasteiger partial charge is 0.353 e. The largest absolute Gasteiger partial charge is 0.422 e. The molecule has 3 amide bonds.